The number of rotatable bonds is 5. The molecule has 0 unspecified atom stereocenters. The molecule has 0 aromatic heterocycles. The zero-order valence-electron chi connectivity index (χ0n) is 10.9. The Labute approximate surface area is 124 Å². The zero-order valence-corrected chi connectivity index (χ0v) is 12.5. The molecule has 0 atom stereocenters. The molecule has 0 bridgehead atoms. The van der Waals surface area contributed by atoms with E-state index in [4.69, 9.17) is 4.74 Å². The molecule has 2 aromatic carbocycles. The normalized spacial score (nSPS) is 10.6. The highest BCUT2D eigenvalue weighted by atomic mass is 79.9. The standard InChI is InChI=1S/C15H14BrF2NO/c1-19-8-10-2-4-14(18)11(6-10)9-20-15-5-3-12(17)7-13(15)16/h2-7,19H,8-9H2,1H3. The Morgan fingerprint density at radius 3 is 2.65 bits per heavy atom. The first-order valence-electron chi connectivity index (χ1n) is 6.10. The SMILES string of the molecule is CNCc1ccc(F)c(COc2ccc(F)cc2Br)c1. The molecule has 0 amide bonds. The van der Waals surface area contributed by atoms with E-state index in [0.717, 1.165) is 5.56 Å². The van der Waals surface area contributed by atoms with Crippen LogP contribution in [0.3, 0.4) is 0 Å². The lowest BCUT2D eigenvalue weighted by Crippen LogP contribution is -2.07. The van der Waals surface area contributed by atoms with Crippen LogP contribution in [0, 0.1) is 11.6 Å². The molecule has 20 heavy (non-hydrogen) atoms. The van der Waals surface area contributed by atoms with Crippen LogP contribution in [-0.2, 0) is 13.2 Å². The van der Waals surface area contributed by atoms with Crippen LogP contribution < -0.4 is 10.1 Å². The lowest BCUT2D eigenvalue weighted by atomic mass is 10.1. The summed E-state index contributed by atoms with van der Waals surface area (Å²) in [6, 6.07) is 9.02. The van der Waals surface area contributed by atoms with Crippen molar-refractivity contribution >= 4 is 15.9 Å². The van der Waals surface area contributed by atoms with E-state index in [1.807, 2.05) is 7.05 Å². The Morgan fingerprint density at radius 1 is 1.15 bits per heavy atom. The van der Waals surface area contributed by atoms with Gasteiger partial charge in [0.25, 0.3) is 0 Å². The maximum absolute atomic E-state index is 13.7. The molecule has 1 N–H and O–H groups in total. The van der Waals surface area contributed by atoms with Crippen molar-refractivity contribution in [2.75, 3.05) is 7.05 Å². The summed E-state index contributed by atoms with van der Waals surface area (Å²) in [6.07, 6.45) is 0. The van der Waals surface area contributed by atoms with E-state index < -0.39 is 0 Å². The van der Waals surface area contributed by atoms with E-state index in [9.17, 15) is 8.78 Å². The molecule has 0 spiro atoms. The van der Waals surface area contributed by atoms with E-state index in [1.54, 1.807) is 12.1 Å². The third kappa shape index (κ3) is 3.77. The molecule has 0 aliphatic rings. The van der Waals surface area contributed by atoms with E-state index in [-0.39, 0.29) is 18.2 Å². The topological polar surface area (TPSA) is 21.3 Å². The number of benzene rings is 2. The summed E-state index contributed by atoms with van der Waals surface area (Å²) in [5, 5.41) is 3.01. The van der Waals surface area contributed by atoms with Crippen molar-refractivity contribution in [3.8, 4) is 5.75 Å². The Bertz CT molecular complexity index is 604. The maximum atomic E-state index is 13.7. The fourth-order valence-corrected chi connectivity index (χ4v) is 2.27. The average molecular weight is 342 g/mol. The van der Waals surface area contributed by atoms with Gasteiger partial charge in [-0.25, -0.2) is 8.78 Å². The number of ether oxygens (including phenoxy) is 1. The van der Waals surface area contributed by atoms with Crippen LogP contribution in [0.5, 0.6) is 5.75 Å². The first-order chi connectivity index (χ1) is 9.60. The Kier molecular flexibility index (Phi) is 5.09. The smallest absolute Gasteiger partial charge is 0.134 e. The second kappa shape index (κ2) is 6.81. The summed E-state index contributed by atoms with van der Waals surface area (Å²) in [5.74, 6) is -0.195. The highest BCUT2D eigenvalue weighted by Gasteiger charge is 2.07. The van der Waals surface area contributed by atoms with Gasteiger partial charge in [-0.05, 0) is 58.9 Å². The fourth-order valence-electron chi connectivity index (χ4n) is 1.80. The fraction of sp³-hybridized carbons (Fsp3) is 0.200. The lowest BCUT2D eigenvalue weighted by Gasteiger charge is -2.10. The van der Waals surface area contributed by atoms with Crippen LogP contribution in [0.1, 0.15) is 11.1 Å². The van der Waals surface area contributed by atoms with Gasteiger partial charge in [0.1, 0.15) is 24.0 Å². The summed E-state index contributed by atoms with van der Waals surface area (Å²) < 4.78 is 32.7. The van der Waals surface area contributed by atoms with Crippen LogP contribution in [-0.4, -0.2) is 7.05 Å². The Hall–Kier alpha value is -1.46. The van der Waals surface area contributed by atoms with Gasteiger partial charge in [-0.3, -0.25) is 0 Å². The van der Waals surface area contributed by atoms with Gasteiger partial charge in [0, 0.05) is 12.1 Å². The monoisotopic (exact) mass is 341 g/mol. The molecule has 106 valence electrons. The molecule has 0 fully saturated rings. The second-order valence-corrected chi connectivity index (χ2v) is 5.17. The molecule has 2 nitrogen and oxygen atoms in total. The zero-order chi connectivity index (χ0) is 14.5. The first-order valence-corrected chi connectivity index (χ1v) is 6.89. The Balaban J connectivity index is 2.11. The van der Waals surface area contributed by atoms with E-state index >= 15 is 0 Å². The van der Waals surface area contributed by atoms with Gasteiger partial charge >= 0.3 is 0 Å². The number of halogens is 3. The molecule has 2 rings (SSSR count). The number of hydrogen-bond acceptors (Lipinski definition) is 2. The van der Waals surface area contributed by atoms with E-state index in [2.05, 4.69) is 21.2 Å². The third-order valence-corrected chi connectivity index (χ3v) is 3.39. The van der Waals surface area contributed by atoms with Gasteiger partial charge in [-0.1, -0.05) is 6.07 Å². The van der Waals surface area contributed by atoms with Crippen LogP contribution in [0.15, 0.2) is 40.9 Å². The van der Waals surface area contributed by atoms with Gasteiger partial charge < -0.3 is 10.1 Å². The largest absolute Gasteiger partial charge is 0.488 e. The molecule has 0 aliphatic carbocycles. The van der Waals surface area contributed by atoms with Crippen molar-refractivity contribution in [2.24, 2.45) is 0 Å². The van der Waals surface area contributed by atoms with Crippen LogP contribution in [0.2, 0.25) is 0 Å². The summed E-state index contributed by atoms with van der Waals surface area (Å²) in [6.45, 7) is 0.751. The minimum atomic E-state index is -0.355. The van der Waals surface area contributed by atoms with Gasteiger partial charge in [0.15, 0.2) is 0 Å². The van der Waals surface area contributed by atoms with E-state index in [1.165, 1.54) is 24.3 Å². The minimum Gasteiger partial charge on any atom is -0.488 e. The minimum absolute atomic E-state index is 0.0909. The van der Waals surface area contributed by atoms with Crippen molar-refractivity contribution in [1.29, 1.82) is 0 Å². The highest BCUT2D eigenvalue weighted by Crippen LogP contribution is 2.26. The first kappa shape index (κ1) is 14.9. The van der Waals surface area contributed by atoms with Crippen molar-refractivity contribution < 1.29 is 13.5 Å². The van der Waals surface area contributed by atoms with Crippen molar-refractivity contribution in [3.05, 3.63) is 63.6 Å². The van der Waals surface area contributed by atoms with Crippen LogP contribution in [0.25, 0.3) is 0 Å². The molecular weight excluding hydrogens is 328 g/mol. The molecule has 0 saturated carbocycles. The number of nitrogens with one attached hydrogen (secondary N) is 1. The molecule has 0 aliphatic heterocycles. The van der Waals surface area contributed by atoms with Gasteiger partial charge in [0.2, 0.25) is 0 Å². The van der Waals surface area contributed by atoms with E-state index in [0.29, 0.717) is 22.3 Å². The van der Waals surface area contributed by atoms with Gasteiger partial charge in [-0.15, -0.1) is 0 Å². The number of hydrogen-bond donors (Lipinski definition) is 1. The average Bonchev–Trinajstić information content (AvgIpc) is 2.41. The third-order valence-electron chi connectivity index (χ3n) is 2.77. The predicted octanol–water partition coefficient (Wildman–Crippen LogP) is 4.03. The summed E-state index contributed by atoms with van der Waals surface area (Å²) in [7, 11) is 1.83. The van der Waals surface area contributed by atoms with Crippen LogP contribution in [0.4, 0.5) is 8.78 Å². The molecule has 5 heteroatoms. The quantitative estimate of drug-likeness (QED) is 0.886. The summed E-state index contributed by atoms with van der Waals surface area (Å²) in [5.41, 5.74) is 1.44. The molecule has 0 radical (unpaired) electrons. The molecule has 0 saturated heterocycles. The molecule has 2 aromatic rings. The molecule has 0 heterocycles. The van der Waals surface area contributed by atoms with Gasteiger partial charge in [-0.2, -0.15) is 0 Å². The lowest BCUT2D eigenvalue weighted by molar-refractivity contribution is 0.297. The summed E-state index contributed by atoms with van der Waals surface area (Å²) >= 11 is 3.21. The highest BCUT2D eigenvalue weighted by molar-refractivity contribution is 9.10. The van der Waals surface area contributed by atoms with Crippen molar-refractivity contribution in [1.82, 2.24) is 5.32 Å². The van der Waals surface area contributed by atoms with Crippen molar-refractivity contribution in [3.63, 3.8) is 0 Å². The second-order valence-electron chi connectivity index (χ2n) is 4.32. The van der Waals surface area contributed by atoms with Crippen LogP contribution >= 0.6 is 15.9 Å². The molecular formula is C15H14BrF2NO. The Morgan fingerprint density at radius 2 is 1.95 bits per heavy atom. The maximum Gasteiger partial charge on any atom is 0.134 e. The van der Waals surface area contributed by atoms with Gasteiger partial charge in [0.05, 0.1) is 4.47 Å². The summed E-state index contributed by atoms with van der Waals surface area (Å²) in [4.78, 5) is 0. The predicted molar refractivity (Wildman–Crippen MR) is 77.6 cm³/mol. The van der Waals surface area contributed by atoms with Crippen molar-refractivity contribution in [2.45, 2.75) is 13.2 Å².